The molecule has 19 heavy (non-hydrogen) atoms. The van der Waals surface area contributed by atoms with Gasteiger partial charge in [-0.3, -0.25) is 4.79 Å². The number of nitrogens with zero attached hydrogens (tertiary/aromatic N) is 1. The van der Waals surface area contributed by atoms with Gasteiger partial charge in [0.25, 0.3) is 0 Å². The zero-order valence-electron chi connectivity index (χ0n) is 11.9. The molecule has 2 unspecified atom stereocenters. The molecule has 0 radical (unpaired) electrons. The van der Waals surface area contributed by atoms with Crippen molar-refractivity contribution >= 4 is 12.0 Å². The number of nitrogens with one attached hydrogen (secondary N) is 1. The summed E-state index contributed by atoms with van der Waals surface area (Å²) in [6.07, 6.45) is 2.08. The molecule has 1 aliphatic heterocycles. The minimum Gasteiger partial charge on any atom is -0.481 e. The topological polar surface area (TPSA) is 78.9 Å². The van der Waals surface area contributed by atoms with E-state index >= 15 is 0 Å². The zero-order valence-corrected chi connectivity index (χ0v) is 11.9. The van der Waals surface area contributed by atoms with E-state index in [2.05, 4.69) is 5.32 Å². The number of ether oxygens (including phenoxy) is 1. The van der Waals surface area contributed by atoms with Crippen LogP contribution in [-0.2, 0) is 9.53 Å². The second kappa shape index (κ2) is 6.75. The van der Waals surface area contributed by atoms with Crippen molar-refractivity contribution in [2.45, 2.75) is 39.2 Å². The molecule has 0 aromatic heterocycles. The van der Waals surface area contributed by atoms with Crippen LogP contribution in [0.4, 0.5) is 4.79 Å². The highest BCUT2D eigenvalue weighted by Gasteiger charge is 2.39. The predicted octanol–water partition coefficient (Wildman–Crippen LogP) is 1.31. The van der Waals surface area contributed by atoms with Gasteiger partial charge < -0.3 is 20.1 Å². The summed E-state index contributed by atoms with van der Waals surface area (Å²) in [4.78, 5) is 24.9. The summed E-state index contributed by atoms with van der Waals surface area (Å²) in [6, 6.07) is -0.166. The number of likely N-dealkylation sites (tertiary alicyclic amines) is 1. The van der Waals surface area contributed by atoms with Crippen LogP contribution in [0.2, 0.25) is 0 Å². The molecule has 1 heterocycles. The van der Waals surface area contributed by atoms with Gasteiger partial charge in [0.15, 0.2) is 0 Å². The molecule has 0 spiro atoms. The van der Waals surface area contributed by atoms with Crippen molar-refractivity contribution in [3.05, 3.63) is 0 Å². The molecule has 0 aliphatic carbocycles. The van der Waals surface area contributed by atoms with E-state index in [9.17, 15) is 14.7 Å². The maximum absolute atomic E-state index is 12.1. The molecule has 1 saturated heterocycles. The van der Waals surface area contributed by atoms with Gasteiger partial charge >= 0.3 is 12.0 Å². The van der Waals surface area contributed by atoms with Gasteiger partial charge in [0.2, 0.25) is 0 Å². The first-order valence-corrected chi connectivity index (χ1v) is 6.67. The first kappa shape index (κ1) is 15.8. The number of hydrogen-bond acceptors (Lipinski definition) is 3. The maximum Gasteiger partial charge on any atom is 0.317 e. The number of methoxy groups -OCH3 is 1. The molecule has 1 rings (SSSR count). The van der Waals surface area contributed by atoms with Gasteiger partial charge in [-0.1, -0.05) is 0 Å². The van der Waals surface area contributed by atoms with Crippen LogP contribution in [0.25, 0.3) is 0 Å². The lowest BCUT2D eigenvalue weighted by Gasteiger charge is -2.37. The molecule has 6 heteroatoms. The highest BCUT2D eigenvalue weighted by atomic mass is 16.5. The number of carbonyl (C=O) groups excluding carboxylic acids is 1. The van der Waals surface area contributed by atoms with Gasteiger partial charge in [0, 0.05) is 32.8 Å². The fraction of sp³-hybridized carbons (Fsp3) is 0.846. The lowest BCUT2D eigenvalue weighted by Crippen LogP contribution is -2.52. The Bertz CT molecular complexity index is 335. The van der Waals surface area contributed by atoms with E-state index in [-0.39, 0.29) is 18.6 Å². The molecule has 0 aromatic rings. The third-order valence-corrected chi connectivity index (χ3v) is 3.62. The standard InChI is InChI=1S/C13H24N2O4/c1-10(5-8-19-3)14-12(18)15-7-4-6-13(2,9-15)11(16)17/h10H,4-9H2,1-3H3,(H,14,18)(H,16,17). The molecule has 2 amide bonds. The predicted molar refractivity (Wildman–Crippen MR) is 71.0 cm³/mol. The number of piperidine rings is 1. The Hall–Kier alpha value is -1.30. The van der Waals surface area contributed by atoms with Crippen LogP contribution in [-0.4, -0.2) is 54.9 Å². The summed E-state index contributed by atoms with van der Waals surface area (Å²) in [7, 11) is 1.62. The number of carboxylic acids is 1. The van der Waals surface area contributed by atoms with Crippen molar-refractivity contribution in [3.63, 3.8) is 0 Å². The Morgan fingerprint density at radius 3 is 2.79 bits per heavy atom. The van der Waals surface area contributed by atoms with Crippen LogP contribution in [0.1, 0.15) is 33.1 Å². The van der Waals surface area contributed by atoms with Crippen molar-refractivity contribution in [2.24, 2.45) is 5.41 Å². The van der Waals surface area contributed by atoms with E-state index in [4.69, 9.17) is 4.74 Å². The molecular formula is C13H24N2O4. The van der Waals surface area contributed by atoms with Crippen molar-refractivity contribution in [1.82, 2.24) is 10.2 Å². The maximum atomic E-state index is 12.1. The summed E-state index contributed by atoms with van der Waals surface area (Å²) in [6.45, 7) is 5.09. The van der Waals surface area contributed by atoms with Crippen LogP contribution in [0.5, 0.6) is 0 Å². The van der Waals surface area contributed by atoms with Crippen molar-refractivity contribution in [1.29, 1.82) is 0 Å². The number of hydrogen-bond donors (Lipinski definition) is 2. The van der Waals surface area contributed by atoms with Gasteiger partial charge in [0.1, 0.15) is 0 Å². The number of amides is 2. The smallest absolute Gasteiger partial charge is 0.317 e. The first-order valence-electron chi connectivity index (χ1n) is 6.67. The van der Waals surface area contributed by atoms with E-state index in [0.29, 0.717) is 19.6 Å². The monoisotopic (exact) mass is 272 g/mol. The van der Waals surface area contributed by atoms with E-state index < -0.39 is 11.4 Å². The third kappa shape index (κ3) is 4.38. The molecule has 1 fully saturated rings. The molecule has 0 saturated carbocycles. The van der Waals surface area contributed by atoms with Crippen molar-refractivity contribution < 1.29 is 19.4 Å². The van der Waals surface area contributed by atoms with E-state index in [1.165, 1.54) is 0 Å². The number of carboxylic acid groups (broad SMARTS) is 1. The quantitative estimate of drug-likeness (QED) is 0.791. The fourth-order valence-electron chi connectivity index (χ4n) is 2.26. The van der Waals surface area contributed by atoms with Gasteiger partial charge in [0.05, 0.1) is 5.41 Å². The third-order valence-electron chi connectivity index (χ3n) is 3.62. The molecule has 2 atom stereocenters. The molecule has 110 valence electrons. The minimum absolute atomic E-state index is 0.0189. The molecule has 2 N–H and O–H groups in total. The summed E-state index contributed by atoms with van der Waals surface area (Å²) < 4.78 is 4.96. The SMILES string of the molecule is COCCC(C)NC(=O)N1CCCC(C)(C(=O)O)C1. The Kier molecular flexibility index (Phi) is 5.60. The van der Waals surface area contributed by atoms with Gasteiger partial charge in [-0.15, -0.1) is 0 Å². The Balaban J connectivity index is 2.50. The number of rotatable bonds is 5. The highest BCUT2D eigenvalue weighted by Crippen LogP contribution is 2.29. The van der Waals surface area contributed by atoms with Gasteiger partial charge in [-0.25, -0.2) is 4.79 Å². The summed E-state index contributed by atoms with van der Waals surface area (Å²) in [5.41, 5.74) is -0.828. The zero-order chi connectivity index (χ0) is 14.5. The molecule has 6 nitrogen and oxygen atoms in total. The van der Waals surface area contributed by atoms with Crippen LogP contribution in [0.15, 0.2) is 0 Å². The molecule has 0 aromatic carbocycles. The van der Waals surface area contributed by atoms with E-state index in [0.717, 1.165) is 12.8 Å². The molecule has 0 bridgehead atoms. The van der Waals surface area contributed by atoms with Crippen LogP contribution >= 0.6 is 0 Å². The second-order valence-electron chi connectivity index (χ2n) is 5.52. The van der Waals surface area contributed by atoms with Crippen LogP contribution in [0, 0.1) is 5.41 Å². The average molecular weight is 272 g/mol. The lowest BCUT2D eigenvalue weighted by molar-refractivity contribution is -0.150. The number of aliphatic carboxylic acids is 1. The normalized spacial score (nSPS) is 24.9. The minimum atomic E-state index is -0.836. The second-order valence-corrected chi connectivity index (χ2v) is 5.52. The Morgan fingerprint density at radius 1 is 1.53 bits per heavy atom. The Labute approximate surface area is 114 Å². The Morgan fingerprint density at radius 2 is 2.21 bits per heavy atom. The van der Waals surface area contributed by atoms with Crippen molar-refractivity contribution in [2.75, 3.05) is 26.8 Å². The summed E-state index contributed by atoms with van der Waals surface area (Å²) in [5.74, 6) is -0.836. The number of carbonyl (C=O) groups is 2. The summed E-state index contributed by atoms with van der Waals surface area (Å²) >= 11 is 0. The van der Waals surface area contributed by atoms with Crippen LogP contribution in [0.3, 0.4) is 0 Å². The average Bonchev–Trinajstić information content (AvgIpc) is 2.36. The first-order chi connectivity index (χ1) is 8.89. The van der Waals surface area contributed by atoms with E-state index in [1.54, 1.807) is 18.9 Å². The highest BCUT2D eigenvalue weighted by molar-refractivity contribution is 5.78. The van der Waals surface area contributed by atoms with Gasteiger partial charge in [-0.05, 0) is 33.1 Å². The lowest BCUT2D eigenvalue weighted by atomic mass is 9.82. The van der Waals surface area contributed by atoms with Gasteiger partial charge in [-0.2, -0.15) is 0 Å². The van der Waals surface area contributed by atoms with Crippen molar-refractivity contribution in [3.8, 4) is 0 Å². The van der Waals surface area contributed by atoms with Crippen LogP contribution < -0.4 is 5.32 Å². The summed E-state index contributed by atoms with van der Waals surface area (Å²) in [5, 5.41) is 12.1. The van der Waals surface area contributed by atoms with E-state index in [1.807, 2.05) is 6.92 Å². The molecular weight excluding hydrogens is 248 g/mol. The number of urea groups is 1. The fourth-order valence-corrected chi connectivity index (χ4v) is 2.26. The largest absolute Gasteiger partial charge is 0.481 e. The molecule has 1 aliphatic rings.